The maximum atomic E-state index is 13.1. The van der Waals surface area contributed by atoms with E-state index in [1.165, 1.54) is 11.8 Å². The lowest BCUT2D eigenvalue weighted by Crippen LogP contribution is -2.48. The molecule has 30 heavy (non-hydrogen) atoms. The van der Waals surface area contributed by atoms with Crippen molar-refractivity contribution in [3.05, 3.63) is 53.6 Å². The van der Waals surface area contributed by atoms with Crippen molar-refractivity contribution in [2.45, 2.75) is 46.0 Å². The molecule has 0 radical (unpaired) electrons. The van der Waals surface area contributed by atoms with E-state index >= 15 is 0 Å². The quantitative estimate of drug-likeness (QED) is 0.770. The molecule has 0 aromatic heterocycles. The van der Waals surface area contributed by atoms with Crippen LogP contribution in [0.25, 0.3) is 0 Å². The van der Waals surface area contributed by atoms with Crippen LogP contribution in [0.3, 0.4) is 0 Å². The summed E-state index contributed by atoms with van der Waals surface area (Å²) < 4.78 is 10.8. The van der Waals surface area contributed by atoms with E-state index in [0.29, 0.717) is 11.4 Å². The van der Waals surface area contributed by atoms with Crippen LogP contribution in [0.2, 0.25) is 0 Å². The number of allylic oxidation sites excluding steroid dienone is 1. The SMILES string of the molecule is COc1ccc(CN(C(=O)OC(C)(C)C)C2=C(NC(C)=O)C3NC=CN3N=C2)cc1. The van der Waals surface area contributed by atoms with E-state index in [1.54, 1.807) is 51.5 Å². The van der Waals surface area contributed by atoms with E-state index in [2.05, 4.69) is 15.7 Å². The molecule has 1 aromatic carbocycles. The van der Waals surface area contributed by atoms with E-state index in [4.69, 9.17) is 9.47 Å². The van der Waals surface area contributed by atoms with Crippen molar-refractivity contribution in [2.75, 3.05) is 7.11 Å². The number of hydrazone groups is 1. The van der Waals surface area contributed by atoms with Gasteiger partial charge in [-0.15, -0.1) is 0 Å². The first-order valence-corrected chi connectivity index (χ1v) is 9.58. The van der Waals surface area contributed by atoms with Crippen LogP contribution in [0.1, 0.15) is 33.3 Å². The minimum Gasteiger partial charge on any atom is -0.497 e. The molecule has 2 heterocycles. The number of ether oxygens (including phenoxy) is 2. The van der Waals surface area contributed by atoms with E-state index < -0.39 is 17.9 Å². The molecule has 0 spiro atoms. The zero-order valence-electron chi connectivity index (χ0n) is 17.8. The molecule has 0 fully saturated rings. The largest absolute Gasteiger partial charge is 0.497 e. The fourth-order valence-electron chi connectivity index (χ4n) is 3.04. The van der Waals surface area contributed by atoms with E-state index in [-0.39, 0.29) is 12.5 Å². The third-order valence-corrected chi connectivity index (χ3v) is 4.32. The van der Waals surface area contributed by atoms with Crippen LogP contribution >= 0.6 is 0 Å². The number of benzene rings is 1. The van der Waals surface area contributed by atoms with Crippen LogP contribution in [-0.2, 0) is 16.1 Å². The van der Waals surface area contributed by atoms with Crippen LogP contribution < -0.4 is 15.4 Å². The second kappa shape index (κ2) is 8.48. The summed E-state index contributed by atoms with van der Waals surface area (Å²) in [5.74, 6) is 0.469. The third-order valence-electron chi connectivity index (χ3n) is 4.32. The molecule has 2 aliphatic rings. The first-order valence-electron chi connectivity index (χ1n) is 9.58. The molecule has 2 amide bonds. The van der Waals surface area contributed by atoms with Gasteiger partial charge in [0.05, 0.1) is 31.3 Å². The minimum absolute atomic E-state index is 0.226. The van der Waals surface area contributed by atoms with Gasteiger partial charge in [0.1, 0.15) is 11.4 Å². The number of hydrogen-bond donors (Lipinski definition) is 2. The van der Waals surface area contributed by atoms with Gasteiger partial charge in [-0.05, 0) is 38.5 Å². The second-order valence-corrected chi connectivity index (χ2v) is 7.90. The van der Waals surface area contributed by atoms with Gasteiger partial charge in [-0.1, -0.05) is 12.1 Å². The summed E-state index contributed by atoms with van der Waals surface area (Å²) in [6.45, 7) is 7.06. The van der Waals surface area contributed by atoms with Gasteiger partial charge in [0.25, 0.3) is 0 Å². The van der Waals surface area contributed by atoms with Gasteiger partial charge in [-0.25, -0.2) is 9.80 Å². The molecule has 3 rings (SSSR count). The first kappa shape index (κ1) is 21.2. The first-order chi connectivity index (χ1) is 14.2. The standard InChI is InChI=1S/C21H27N5O4/c1-14(27)24-18-17(12-23-26-11-10-22-19(18)26)25(20(28)30-21(2,3)4)13-15-6-8-16(29-5)9-7-15/h6-12,19,22H,13H2,1-5H3,(H,24,27). The summed E-state index contributed by atoms with van der Waals surface area (Å²) >= 11 is 0. The molecule has 1 unspecified atom stereocenters. The fourth-order valence-corrected chi connectivity index (χ4v) is 3.04. The smallest absolute Gasteiger partial charge is 0.415 e. The number of methoxy groups -OCH3 is 1. The van der Waals surface area contributed by atoms with Crippen molar-refractivity contribution in [1.82, 2.24) is 20.5 Å². The highest BCUT2D eigenvalue weighted by atomic mass is 16.6. The summed E-state index contributed by atoms with van der Waals surface area (Å²) in [6.07, 6.45) is 4.07. The van der Waals surface area contributed by atoms with Crippen LogP contribution in [0, 0.1) is 0 Å². The number of hydrogen-bond acceptors (Lipinski definition) is 7. The predicted octanol–water partition coefficient (Wildman–Crippen LogP) is 2.48. The zero-order valence-corrected chi connectivity index (χ0v) is 17.8. The molecule has 1 aromatic rings. The van der Waals surface area contributed by atoms with Crippen molar-refractivity contribution in [3.63, 3.8) is 0 Å². The Bertz CT molecular complexity index is 899. The Labute approximate surface area is 176 Å². The molecule has 9 nitrogen and oxygen atoms in total. The van der Waals surface area contributed by atoms with Crippen molar-refractivity contribution in [2.24, 2.45) is 5.10 Å². The number of nitrogens with one attached hydrogen (secondary N) is 2. The molecule has 0 aliphatic carbocycles. The van der Waals surface area contributed by atoms with Crippen LogP contribution in [0.5, 0.6) is 5.75 Å². The summed E-state index contributed by atoms with van der Waals surface area (Å²) in [5, 5.41) is 12.0. The number of carbonyl (C=O) groups is 2. The van der Waals surface area contributed by atoms with Gasteiger partial charge in [-0.2, -0.15) is 5.10 Å². The lowest BCUT2D eigenvalue weighted by Gasteiger charge is -2.34. The molecule has 0 saturated carbocycles. The molecule has 160 valence electrons. The highest BCUT2D eigenvalue weighted by molar-refractivity contribution is 5.88. The third kappa shape index (κ3) is 4.91. The summed E-state index contributed by atoms with van der Waals surface area (Å²) in [6, 6.07) is 7.39. The average Bonchev–Trinajstić information content (AvgIpc) is 3.14. The number of amides is 2. The van der Waals surface area contributed by atoms with Gasteiger partial charge in [0.15, 0.2) is 6.17 Å². The Balaban J connectivity index is 2.00. The highest BCUT2D eigenvalue weighted by Gasteiger charge is 2.34. The molecule has 0 bridgehead atoms. The van der Waals surface area contributed by atoms with E-state index in [9.17, 15) is 9.59 Å². The number of carbonyl (C=O) groups excluding carboxylic acids is 2. The Morgan fingerprint density at radius 3 is 2.57 bits per heavy atom. The molecule has 0 saturated heterocycles. The molecule has 9 heteroatoms. The van der Waals surface area contributed by atoms with E-state index in [0.717, 1.165) is 11.3 Å². The van der Waals surface area contributed by atoms with Crippen molar-refractivity contribution in [3.8, 4) is 5.75 Å². The van der Waals surface area contributed by atoms with Gasteiger partial charge < -0.3 is 20.1 Å². The monoisotopic (exact) mass is 413 g/mol. The molecule has 1 atom stereocenters. The van der Waals surface area contributed by atoms with Gasteiger partial charge in [0, 0.05) is 19.3 Å². The molecule has 2 aliphatic heterocycles. The highest BCUT2D eigenvalue weighted by Crippen LogP contribution is 2.25. The van der Waals surface area contributed by atoms with Gasteiger partial charge in [-0.3, -0.25) is 9.69 Å². The van der Waals surface area contributed by atoms with Crippen LogP contribution in [0.15, 0.2) is 53.2 Å². The molecular formula is C21H27N5O4. The lowest BCUT2D eigenvalue weighted by molar-refractivity contribution is -0.118. The predicted molar refractivity (Wildman–Crippen MR) is 112 cm³/mol. The normalized spacial score (nSPS) is 17.4. The maximum absolute atomic E-state index is 13.1. The Morgan fingerprint density at radius 2 is 1.97 bits per heavy atom. The summed E-state index contributed by atoms with van der Waals surface area (Å²) in [5.41, 5.74) is 1.15. The average molecular weight is 413 g/mol. The zero-order chi connectivity index (χ0) is 21.9. The van der Waals surface area contributed by atoms with Crippen molar-refractivity contribution in [1.29, 1.82) is 0 Å². The van der Waals surface area contributed by atoms with Crippen molar-refractivity contribution >= 4 is 18.2 Å². The molecule has 2 N–H and O–H groups in total. The van der Waals surface area contributed by atoms with Gasteiger partial charge in [0.2, 0.25) is 5.91 Å². The Hall–Kier alpha value is -3.49. The topological polar surface area (TPSA) is 95.5 Å². The fraction of sp³-hybridized carbons (Fsp3) is 0.381. The van der Waals surface area contributed by atoms with Gasteiger partial charge >= 0.3 is 6.09 Å². The van der Waals surface area contributed by atoms with Crippen molar-refractivity contribution < 1.29 is 19.1 Å². The second-order valence-electron chi connectivity index (χ2n) is 7.90. The number of fused-ring (bicyclic) bond motifs is 1. The summed E-state index contributed by atoms with van der Waals surface area (Å²) in [7, 11) is 1.60. The van der Waals surface area contributed by atoms with Crippen LogP contribution in [0.4, 0.5) is 4.79 Å². The molecular weight excluding hydrogens is 386 g/mol. The minimum atomic E-state index is -0.686. The van der Waals surface area contributed by atoms with Crippen LogP contribution in [-0.4, -0.2) is 47.0 Å². The number of nitrogens with zero attached hydrogens (tertiary/aromatic N) is 3. The van der Waals surface area contributed by atoms with E-state index in [1.807, 2.05) is 24.3 Å². The Kier molecular flexibility index (Phi) is 6.00. The lowest BCUT2D eigenvalue weighted by atomic mass is 10.1. The summed E-state index contributed by atoms with van der Waals surface area (Å²) in [4.78, 5) is 26.5. The maximum Gasteiger partial charge on any atom is 0.415 e. The Morgan fingerprint density at radius 1 is 1.27 bits per heavy atom. The number of rotatable bonds is 5.